The summed E-state index contributed by atoms with van der Waals surface area (Å²) in [6.45, 7) is 4.35. The van der Waals surface area contributed by atoms with Gasteiger partial charge in [-0.05, 0) is 35.6 Å². The molecule has 1 unspecified atom stereocenters. The number of benzene rings is 1. The van der Waals surface area contributed by atoms with Gasteiger partial charge in [-0.3, -0.25) is 4.79 Å². The third-order valence-electron chi connectivity index (χ3n) is 2.99. The lowest BCUT2D eigenvalue weighted by Crippen LogP contribution is -2.16. The van der Waals surface area contributed by atoms with Gasteiger partial charge in [0.2, 0.25) is 5.91 Å². The van der Waals surface area contributed by atoms with Crippen molar-refractivity contribution in [2.45, 2.75) is 19.9 Å². The molecule has 19 heavy (non-hydrogen) atoms. The normalized spacial score (nSPS) is 12.4. The fourth-order valence-electron chi connectivity index (χ4n) is 1.98. The second kappa shape index (κ2) is 5.89. The molecule has 1 aromatic heterocycles. The van der Waals surface area contributed by atoms with Gasteiger partial charge in [-0.15, -0.1) is 11.3 Å². The Hall–Kier alpha value is -1.81. The molecule has 0 saturated heterocycles. The lowest BCUT2D eigenvalue weighted by Gasteiger charge is -2.22. The van der Waals surface area contributed by atoms with E-state index in [-0.39, 0.29) is 6.04 Å². The van der Waals surface area contributed by atoms with Crippen LogP contribution < -0.4 is 11.1 Å². The number of carbonyl (C=O) groups is 1. The van der Waals surface area contributed by atoms with E-state index in [2.05, 4.69) is 36.7 Å². The van der Waals surface area contributed by atoms with Gasteiger partial charge in [0.15, 0.2) is 0 Å². The van der Waals surface area contributed by atoms with Crippen LogP contribution in [-0.2, 0) is 0 Å². The summed E-state index contributed by atoms with van der Waals surface area (Å²) >= 11 is 1.73. The van der Waals surface area contributed by atoms with Gasteiger partial charge < -0.3 is 11.1 Å². The third-order valence-corrected chi connectivity index (χ3v) is 3.94. The Balaban J connectivity index is 2.22. The molecule has 1 atom stereocenters. The summed E-state index contributed by atoms with van der Waals surface area (Å²) in [6.07, 6.45) is 0. The first-order valence-electron chi connectivity index (χ1n) is 6.27. The molecule has 3 N–H and O–H groups in total. The number of nitrogens with two attached hydrogens (primary N) is 1. The van der Waals surface area contributed by atoms with Crippen LogP contribution in [0.4, 0.5) is 5.69 Å². The molecule has 1 heterocycles. The molecule has 0 aliphatic heterocycles. The van der Waals surface area contributed by atoms with Crippen molar-refractivity contribution < 1.29 is 4.79 Å². The smallest absolute Gasteiger partial charge is 0.248 e. The first-order chi connectivity index (χ1) is 9.08. The van der Waals surface area contributed by atoms with Gasteiger partial charge >= 0.3 is 0 Å². The molecule has 3 nitrogen and oxygen atoms in total. The lowest BCUT2D eigenvalue weighted by atomic mass is 10.0. The Morgan fingerprint density at radius 1 is 1.26 bits per heavy atom. The second-order valence-corrected chi connectivity index (χ2v) is 5.81. The molecule has 1 amide bonds. The molecule has 0 aliphatic rings. The molecule has 0 radical (unpaired) electrons. The highest BCUT2D eigenvalue weighted by molar-refractivity contribution is 7.10. The van der Waals surface area contributed by atoms with Crippen molar-refractivity contribution in [2.24, 2.45) is 11.7 Å². The van der Waals surface area contributed by atoms with Crippen molar-refractivity contribution in [1.82, 2.24) is 0 Å². The van der Waals surface area contributed by atoms with Crippen LogP contribution in [0, 0.1) is 5.92 Å². The molecule has 0 bridgehead atoms. The van der Waals surface area contributed by atoms with Crippen LogP contribution in [-0.4, -0.2) is 5.91 Å². The van der Waals surface area contributed by atoms with Crippen molar-refractivity contribution in [2.75, 3.05) is 5.32 Å². The number of hydrogen-bond donors (Lipinski definition) is 2. The van der Waals surface area contributed by atoms with Crippen LogP contribution in [0.1, 0.15) is 35.1 Å². The van der Waals surface area contributed by atoms with Crippen LogP contribution in [0.15, 0.2) is 41.8 Å². The van der Waals surface area contributed by atoms with E-state index < -0.39 is 5.91 Å². The van der Waals surface area contributed by atoms with Crippen LogP contribution in [0.3, 0.4) is 0 Å². The van der Waals surface area contributed by atoms with Gasteiger partial charge in [0, 0.05) is 16.1 Å². The number of rotatable bonds is 5. The van der Waals surface area contributed by atoms with E-state index >= 15 is 0 Å². The van der Waals surface area contributed by atoms with Crippen LogP contribution in [0.25, 0.3) is 0 Å². The van der Waals surface area contributed by atoms with Crippen LogP contribution in [0.2, 0.25) is 0 Å². The Labute approximate surface area is 117 Å². The second-order valence-electron chi connectivity index (χ2n) is 4.83. The topological polar surface area (TPSA) is 55.1 Å². The highest BCUT2D eigenvalue weighted by atomic mass is 32.1. The largest absolute Gasteiger partial charge is 0.377 e. The molecule has 0 aliphatic carbocycles. The minimum absolute atomic E-state index is 0.239. The molecule has 1 aromatic carbocycles. The molecule has 0 spiro atoms. The zero-order chi connectivity index (χ0) is 13.8. The first kappa shape index (κ1) is 13.6. The molecule has 100 valence electrons. The fourth-order valence-corrected chi connectivity index (χ4v) is 2.93. The Kier molecular flexibility index (Phi) is 4.22. The number of hydrogen-bond acceptors (Lipinski definition) is 3. The standard InChI is InChI=1S/C15H18N2OS/c1-10(2)14(13-7-4-8-19-13)17-12-6-3-5-11(9-12)15(16)18/h3-10,14,17H,1-2H3,(H2,16,18). The zero-order valence-corrected chi connectivity index (χ0v) is 11.9. The van der Waals surface area contributed by atoms with Crippen molar-refractivity contribution >= 4 is 22.9 Å². The van der Waals surface area contributed by atoms with Gasteiger partial charge in [0.25, 0.3) is 0 Å². The summed E-state index contributed by atoms with van der Waals surface area (Å²) in [6, 6.07) is 11.7. The molecule has 4 heteroatoms. The highest BCUT2D eigenvalue weighted by Crippen LogP contribution is 2.29. The van der Waals surface area contributed by atoms with Gasteiger partial charge in [-0.25, -0.2) is 0 Å². The Morgan fingerprint density at radius 2 is 2.05 bits per heavy atom. The van der Waals surface area contributed by atoms with Crippen molar-refractivity contribution in [1.29, 1.82) is 0 Å². The van der Waals surface area contributed by atoms with Crippen LogP contribution in [0.5, 0.6) is 0 Å². The molecule has 0 saturated carbocycles. The van der Waals surface area contributed by atoms with E-state index in [1.165, 1.54) is 4.88 Å². The van der Waals surface area contributed by atoms with E-state index in [1.807, 2.05) is 12.1 Å². The van der Waals surface area contributed by atoms with Crippen LogP contribution >= 0.6 is 11.3 Å². The quantitative estimate of drug-likeness (QED) is 0.874. The maximum Gasteiger partial charge on any atom is 0.248 e. The zero-order valence-electron chi connectivity index (χ0n) is 11.1. The maximum atomic E-state index is 11.2. The predicted octanol–water partition coefficient (Wildman–Crippen LogP) is 3.66. The van der Waals surface area contributed by atoms with Gasteiger partial charge in [-0.1, -0.05) is 26.0 Å². The number of amides is 1. The number of thiophene rings is 1. The van der Waals surface area contributed by atoms with Crippen molar-refractivity contribution in [3.8, 4) is 0 Å². The maximum absolute atomic E-state index is 11.2. The summed E-state index contributed by atoms with van der Waals surface area (Å²) in [5, 5.41) is 5.55. The summed E-state index contributed by atoms with van der Waals surface area (Å²) in [7, 11) is 0. The van der Waals surface area contributed by atoms with Crippen molar-refractivity contribution in [3.05, 3.63) is 52.2 Å². The summed E-state index contributed by atoms with van der Waals surface area (Å²) in [4.78, 5) is 12.5. The first-order valence-corrected chi connectivity index (χ1v) is 7.15. The minimum atomic E-state index is -0.402. The SMILES string of the molecule is CC(C)C(Nc1cccc(C(N)=O)c1)c1cccs1. The lowest BCUT2D eigenvalue weighted by molar-refractivity contribution is 0.100. The molecule has 0 fully saturated rings. The van der Waals surface area contributed by atoms with E-state index in [0.717, 1.165) is 5.69 Å². The average molecular weight is 274 g/mol. The van der Waals surface area contributed by atoms with E-state index in [4.69, 9.17) is 5.73 Å². The Morgan fingerprint density at radius 3 is 2.63 bits per heavy atom. The molecule has 2 rings (SSSR count). The van der Waals surface area contributed by atoms with Gasteiger partial charge in [0.05, 0.1) is 6.04 Å². The summed E-state index contributed by atoms with van der Waals surface area (Å²) < 4.78 is 0. The third kappa shape index (κ3) is 3.35. The van der Waals surface area contributed by atoms with E-state index in [1.54, 1.807) is 23.5 Å². The van der Waals surface area contributed by atoms with E-state index in [0.29, 0.717) is 11.5 Å². The Bertz CT molecular complexity index is 549. The predicted molar refractivity (Wildman–Crippen MR) is 80.5 cm³/mol. The van der Waals surface area contributed by atoms with Gasteiger partial charge in [0.1, 0.15) is 0 Å². The fraction of sp³-hybridized carbons (Fsp3) is 0.267. The molecule has 2 aromatic rings. The van der Waals surface area contributed by atoms with E-state index in [9.17, 15) is 4.79 Å². The number of primary amides is 1. The summed E-state index contributed by atoms with van der Waals surface area (Å²) in [5.74, 6) is 0.0526. The number of anilines is 1. The average Bonchev–Trinajstić information content (AvgIpc) is 2.89. The number of carbonyl (C=O) groups excluding carboxylic acids is 1. The molecular formula is C15H18N2OS. The molecular weight excluding hydrogens is 256 g/mol. The number of nitrogens with one attached hydrogen (secondary N) is 1. The van der Waals surface area contributed by atoms with Gasteiger partial charge in [-0.2, -0.15) is 0 Å². The highest BCUT2D eigenvalue weighted by Gasteiger charge is 2.16. The minimum Gasteiger partial charge on any atom is -0.377 e. The van der Waals surface area contributed by atoms with Crippen molar-refractivity contribution in [3.63, 3.8) is 0 Å². The summed E-state index contributed by atoms with van der Waals surface area (Å²) in [5.41, 5.74) is 6.75. The monoisotopic (exact) mass is 274 g/mol.